The number of piperidine rings is 1. The van der Waals surface area contributed by atoms with Gasteiger partial charge in [0.15, 0.2) is 11.5 Å². The summed E-state index contributed by atoms with van der Waals surface area (Å²) in [6, 6.07) is 2.12. The van der Waals surface area contributed by atoms with Gasteiger partial charge < -0.3 is 19.7 Å². The van der Waals surface area contributed by atoms with E-state index in [1.165, 1.54) is 13.4 Å². The van der Waals surface area contributed by atoms with Crippen LogP contribution in [0.3, 0.4) is 0 Å². The zero-order chi connectivity index (χ0) is 18.8. The van der Waals surface area contributed by atoms with Gasteiger partial charge in [-0.25, -0.2) is 19.6 Å². The maximum Gasteiger partial charge on any atom is 0.408 e. The number of benzene rings is 1. The van der Waals surface area contributed by atoms with Gasteiger partial charge in [0.05, 0.1) is 12.6 Å². The summed E-state index contributed by atoms with van der Waals surface area (Å²) < 4.78 is 11.2. The zero-order valence-electron chi connectivity index (χ0n) is 13.8. The number of hydrogen-bond donors (Lipinski definition) is 2. The van der Waals surface area contributed by atoms with E-state index in [1.54, 1.807) is 12.1 Å². The summed E-state index contributed by atoms with van der Waals surface area (Å²) in [4.78, 5) is 31.5. The number of aliphatic carboxylic acids is 1. The summed E-state index contributed by atoms with van der Waals surface area (Å²) in [6.45, 7) is 0.0662. The molecule has 0 aliphatic carbocycles. The van der Waals surface area contributed by atoms with E-state index >= 15 is 0 Å². The average molecular weight is 382 g/mol. The molecular weight excluding hydrogens is 366 g/mol. The Labute approximate surface area is 153 Å². The third kappa shape index (κ3) is 3.43. The van der Waals surface area contributed by atoms with Crippen molar-refractivity contribution in [3.63, 3.8) is 0 Å². The molecule has 1 aromatic heterocycles. The van der Waals surface area contributed by atoms with E-state index in [0.29, 0.717) is 28.8 Å². The summed E-state index contributed by atoms with van der Waals surface area (Å²) in [5, 5.41) is 19.3. The number of aromatic nitrogens is 2. The lowest BCUT2D eigenvalue weighted by atomic mass is 9.99. The van der Waals surface area contributed by atoms with Gasteiger partial charge in [-0.2, -0.15) is 0 Å². The number of rotatable bonds is 4. The molecule has 26 heavy (non-hydrogen) atoms. The molecule has 0 radical (unpaired) electrons. The first-order chi connectivity index (χ1) is 12.4. The first-order valence-corrected chi connectivity index (χ1v) is 8.15. The summed E-state index contributed by atoms with van der Waals surface area (Å²) in [6.07, 6.45) is -0.0217. The lowest BCUT2D eigenvalue weighted by Gasteiger charge is -2.35. The topological polar surface area (TPSA) is 122 Å². The number of hydrogen-bond acceptors (Lipinski definition) is 6. The van der Waals surface area contributed by atoms with Crippen LogP contribution in [0.5, 0.6) is 11.5 Å². The fourth-order valence-electron chi connectivity index (χ4n) is 2.97. The van der Waals surface area contributed by atoms with Gasteiger partial charge in [-0.05, 0) is 6.07 Å². The van der Waals surface area contributed by atoms with Gasteiger partial charge in [-0.15, -0.1) is 0 Å². The Bertz CT molecular complexity index is 861. The molecule has 2 atom stereocenters. The lowest BCUT2D eigenvalue weighted by Crippen LogP contribution is -2.51. The third-order valence-electron chi connectivity index (χ3n) is 4.25. The molecule has 1 saturated heterocycles. The number of nitrogens with zero attached hydrogens (tertiary/aromatic N) is 3. The number of likely N-dealkylation sites (tertiary alicyclic amines) is 1. The number of carbonyl (C=O) groups is 2. The number of carboxylic acid groups (broad SMARTS) is 2. The lowest BCUT2D eigenvalue weighted by molar-refractivity contribution is -0.145. The number of methoxy groups -OCH3 is 1. The Morgan fingerprint density at radius 1 is 1.27 bits per heavy atom. The Balaban J connectivity index is 1.87. The van der Waals surface area contributed by atoms with E-state index in [9.17, 15) is 14.7 Å². The molecule has 9 nitrogen and oxygen atoms in total. The van der Waals surface area contributed by atoms with Crippen molar-refractivity contribution in [2.24, 2.45) is 0 Å². The van der Waals surface area contributed by atoms with Crippen molar-refractivity contribution in [3.8, 4) is 11.5 Å². The molecule has 1 aromatic carbocycles. The van der Waals surface area contributed by atoms with Crippen molar-refractivity contribution >= 4 is 34.6 Å². The smallest absolute Gasteiger partial charge is 0.408 e. The Hall–Kier alpha value is -2.81. The Morgan fingerprint density at radius 2 is 2.04 bits per heavy atom. The molecular formula is C16H16ClN3O6. The van der Waals surface area contributed by atoms with Crippen molar-refractivity contribution < 1.29 is 29.3 Å². The molecule has 1 fully saturated rings. The predicted molar refractivity (Wildman–Crippen MR) is 90.9 cm³/mol. The Kier molecular flexibility index (Phi) is 4.99. The molecule has 1 aliphatic rings. The van der Waals surface area contributed by atoms with Crippen molar-refractivity contribution in [2.45, 2.75) is 25.0 Å². The standard InChI is InChI=1S/C16H16ClN3O6/c1-25-12-6-10-9(14(17)19-7-18-10)5-13(12)26-8-2-3-20(16(23)24)11(4-8)15(21)22/h5-8,11H,2-4H2,1H3,(H,21,22)(H,23,24)/t8-,11+/m1/s1. The van der Waals surface area contributed by atoms with Gasteiger partial charge in [0.1, 0.15) is 23.6 Å². The van der Waals surface area contributed by atoms with Gasteiger partial charge >= 0.3 is 12.1 Å². The van der Waals surface area contributed by atoms with Crippen LogP contribution in [-0.4, -0.2) is 62.9 Å². The maximum atomic E-state index is 11.4. The van der Waals surface area contributed by atoms with Crippen molar-refractivity contribution in [1.82, 2.24) is 14.9 Å². The minimum atomic E-state index is -1.26. The highest BCUT2D eigenvalue weighted by molar-refractivity contribution is 6.34. The third-order valence-corrected chi connectivity index (χ3v) is 4.55. The van der Waals surface area contributed by atoms with Crippen LogP contribution in [0.2, 0.25) is 5.15 Å². The molecule has 2 heterocycles. The highest BCUT2D eigenvalue weighted by atomic mass is 35.5. The monoisotopic (exact) mass is 381 g/mol. The van der Waals surface area contributed by atoms with Crippen LogP contribution in [0.4, 0.5) is 4.79 Å². The highest BCUT2D eigenvalue weighted by Crippen LogP contribution is 2.35. The molecule has 10 heteroatoms. The number of halogens is 1. The van der Waals surface area contributed by atoms with E-state index in [0.717, 1.165) is 4.90 Å². The van der Waals surface area contributed by atoms with Gasteiger partial charge in [0.2, 0.25) is 0 Å². The van der Waals surface area contributed by atoms with Crippen molar-refractivity contribution in [3.05, 3.63) is 23.6 Å². The molecule has 138 valence electrons. The highest BCUT2D eigenvalue weighted by Gasteiger charge is 2.37. The number of ether oxygens (including phenoxy) is 2. The van der Waals surface area contributed by atoms with Crippen molar-refractivity contribution in [2.75, 3.05) is 13.7 Å². The quantitative estimate of drug-likeness (QED) is 0.773. The van der Waals surface area contributed by atoms with E-state index in [2.05, 4.69) is 9.97 Å². The molecule has 1 amide bonds. The number of carboxylic acids is 1. The SMILES string of the molecule is COc1cc2ncnc(Cl)c2cc1O[C@@H]1CCN(C(=O)O)[C@H](C(=O)O)C1. The van der Waals surface area contributed by atoms with Crippen LogP contribution in [-0.2, 0) is 4.79 Å². The second-order valence-electron chi connectivity index (χ2n) is 5.78. The normalized spacial score (nSPS) is 20.0. The van der Waals surface area contributed by atoms with Crippen LogP contribution in [0.15, 0.2) is 18.5 Å². The van der Waals surface area contributed by atoms with E-state index in [-0.39, 0.29) is 18.1 Å². The summed E-state index contributed by atoms with van der Waals surface area (Å²) in [5.41, 5.74) is 0.582. The second kappa shape index (κ2) is 7.20. The zero-order valence-corrected chi connectivity index (χ0v) is 14.5. The van der Waals surface area contributed by atoms with Crippen LogP contribution >= 0.6 is 11.6 Å². The van der Waals surface area contributed by atoms with Crippen LogP contribution in [0, 0.1) is 0 Å². The van der Waals surface area contributed by atoms with E-state index < -0.39 is 24.2 Å². The minimum absolute atomic E-state index is 0.0296. The summed E-state index contributed by atoms with van der Waals surface area (Å²) in [5.74, 6) is -0.419. The van der Waals surface area contributed by atoms with Crippen molar-refractivity contribution in [1.29, 1.82) is 0 Å². The van der Waals surface area contributed by atoms with Crippen LogP contribution in [0.1, 0.15) is 12.8 Å². The molecule has 0 saturated carbocycles. The fourth-order valence-corrected chi connectivity index (χ4v) is 3.16. The van der Waals surface area contributed by atoms with Gasteiger partial charge in [0.25, 0.3) is 0 Å². The average Bonchev–Trinajstić information content (AvgIpc) is 2.61. The molecule has 0 bridgehead atoms. The molecule has 2 N–H and O–H groups in total. The van der Waals surface area contributed by atoms with E-state index in [4.69, 9.17) is 26.2 Å². The summed E-state index contributed by atoms with van der Waals surface area (Å²) >= 11 is 6.09. The molecule has 0 spiro atoms. The molecule has 1 aliphatic heterocycles. The minimum Gasteiger partial charge on any atom is -0.493 e. The van der Waals surface area contributed by atoms with E-state index in [1.807, 2.05) is 0 Å². The second-order valence-corrected chi connectivity index (χ2v) is 6.14. The largest absolute Gasteiger partial charge is 0.493 e. The van der Waals surface area contributed by atoms with Gasteiger partial charge in [-0.3, -0.25) is 4.90 Å². The Morgan fingerprint density at radius 3 is 2.69 bits per heavy atom. The van der Waals surface area contributed by atoms with Gasteiger partial charge in [-0.1, -0.05) is 11.6 Å². The molecule has 3 rings (SSSR count). The summed E-state index contributed by atoms with van der Waals surface area (Å²) in [7, 11) is 1.48. The number of fused-ring (bicyclic) bond motifs is 1. The van der Waals surface area contributed by atoms with Gasteiger partial charge in [0, 0.05) is 30.8 Å². The molecule has 2 aromatic rings. The number of amides is 1. The fraction of sp³-hybridized carbons (Fsp3) is 0.375. The van der Waals surface area contributed by atoms with Crippen LogP contribution < -0.4 is 9.47 Å². The first-order valence-electron chi connectivity index (χ1n) is 7.78. The first kappa shape index (κ1) is 18.0. The molecule has 0 unspecified atom stereocenters. The predicted octanol–water partition coefficient (Wildman–Crippen LogP) is 2.27. The van der Waals surface area contributed by atoms with Crippen LogP contribution in [0.25, 0.3) is 10.9 Å². The maximum absolute atomic E-state index is 11.4.